The fourth-order valence-corrected chi connectivity index (χ4v) is 3.93. The highest BCUT2D eigenvalue weighted by Gasteiger charge is 2.35. The lowest BCUT2D eigenvalue weighted by atomic mass is 10.0. The zero-order chi connectivity index (χ0) is 12.2. The normalized spacial score (nSPS) is 31.5. The van der Waals surface area contributed by atoms with Crippen LogP contribution in [0.25, 0.3) is 0 Å². The highest BCUT2D eigenvalue weighted by Crippen LogP contribution is 2.33. The summed E-state index contributed by atoms with van der Waals surface area (Å²) in [6.07, 6.45) is 16.1. The largest absolute Gasteiger partial charge is 0.313 e. The Balaban J connectivity index is 1.56. The molecule has 1 saturated heterocycles. The second-order valence-electron chi connectivity index (χ2n) is 6.72. The third-order valence-corrected chi connectivity index (χ3v) is 5.15. The summed E-state index contributed by atoms with van der Waals surface area (Å²) in [7, 11) is 0. The van der Waals surface area contributed by atoms with Crippen LogP contribution in [-0.2, 0) is 0 Å². The van der Waals surface area contributed by atoms with Gasteiger partial charge in [-0.1, -0.05) is 32.1 Å². The van der Waals surface area contributed by atoms with E-state index in [2.05, 4.69) is 10.2 Å². The molecule has 0 aromatic carbocycles. The molecule has 2 aliphatic carbocycles. The topological polar surface area (TPSA) is 15.3 Å². The van der Waals surface area contributed by atoms with Gasteiger partial charge in [0.05, 0.1) is 0 Å². The van der Waals surface area contributed by atoms with Crippen LogP contribution in [0.2, 0.25) is 0 Å². The van der Waals surface area contributed by atoms with Crippen LogP contribution in [0.5, 0.6) is 0 Å². The van der Waals surface area contributed by atoms with Gasteiger partial charge in [-0.2, -0.15) is 0 Å². The summed E-state index contributed by atoms with van der Waals surface area (Å²) < 4.78 is 0. The molecule has 1 atom stereocenters. The van der Waals surface area contributed by atoms with Crippen LogP contribution < -0.4 is 5.32 Å². The zero-order valence-electron chi connectivity index (χ0n) is 11.9. The summed E-state index contributed by atoms with van der Waals surface area (Å²) in [6, 6.07) is 2.67. The minimum Gasteiger partial charge on any atom is -0.313 e. The van der Waals surface area contributed by atoms with E-state index in [1.54, 1.807) is 0 Å². The molecule has 3 rings (SSSR count). The number of hydrogen-bond donors (Lipinski definition) is 1. The molecule has 2 heteroatoms. The number of nitrogens with one attached hydrogen (secondary N) is 1. The standard InChI is InChI=1S/C16H30N2/c1-2-4-9-15(8-3-1)18(16-10-11-16)13-14-7-5-6-12-17-14/h14-17H,1-13H2. The van der Waals surface area contributed by atoms with Gasteiger partial charge in [0.15, 0.2) is 0 Å². The van der Waals surface area contributed by atoms with Gasteiger partial charge < -0.3 is 5.32 Å². The van der Waals surface area contributed by atoms with Crippen molar-refractivity contribution >= 4 is 0 Å². The van der Waals surface area contributed by atoms with Crippen molar-refractivity contribution in [1.82, 2.24) is 10.2 Å². The molecule has 0 aromatic rings. The Hall–Kier alpha value is -0.0800. The third-order valence-electron chi connectivity index (χ3n) is 5.15. The van der Waals surface area contributed by atoms with E-state index in [1.807, 2.05) is 0 Å². The Morgan fingerprint density at radius 1 is 0.722 bits per heavy atom. The first-order chi connectivity index (χ1) is 8.93. The van der Waals surface area contributed by atoms with Crippen molar-refractivity contribution in [3.8, 4) is 0 Å². The van der Waals surface area contributed by atoms with Crippen molar-refractivity contribution in [2.45, 2.75) is 88.8 Å². The van der Waals surface area contributed by atoms with Crippen LogP contribution >= 0.6 is 0 Å². The van der Waals surface area contributed by atoms with Crippen molar-refractivity contribution in [2.24, 2.45) is 0 Å². The van der Waals surface area contributed by atoms with Gasteiger partial charge in [0.25, 0.3) is 0 Å². The molecule has 3 aliphatic rings. The van der Waals surface area contributed by atoms with Gasteiger partial charge >= 0.3 is 0 Å². The van der Waals surface area contributed by atoms with E-state index in [-0.39, 0.29) is 0 Å². The maximum absolute atomic E-state index is 3.75. The van der Waals surface area contributed by atoms with Crippen LogP contribution in [0.4, 0.5) is 0 Å². The van der Waals surface area contributed by atoms with E-state index in [9.17, 15) is 0 Å². The summed E-state index contributed by atoms with van der Waals surface area (Å²) in [5.74, 6) is 0. The maximum atomic E-state index is 3.75. The van der Waals surface area contributed by atoms with Crippen molar-refractivity contribution in [3.63, 3.8) is 0 Å². The average Bonchev–Trinajstić information content (AvgIpc) is 3.24. The molecule has 2 nitrogen and oxygen atoms in total. The second kappa shape index (κ2) is 6.38. The van der Waals surface area contributed by atoms with Crippen LogP contribution in [0.15, 0.2) is 0 Å². The van der Waals surface area contributed by atoms with Gasteiger partial charge in [-0.25, -0.2) is 0 Å². The first-order valence-corrected chi connectivity index (χ1v) is 8.42. The van der Waals surface area contributed by atoms with E-state index in [4.69, 9.17) is 0 Å². The van der Waals surface area contributed by atoms with Gasteiger partial charge in [0.2, 0.25) is 0 Å². The molecule has 104 valence electrons. The molecule has 0 amide bonds. The fraction of sp³-hybridized carbons (Fsp3) is 1.00. The molecule has 1 heterocycles. The van der Waals surface area contributed by atoms with Crippen LogP contribution in [0.3, 0.4) is 0 Å². The van der Waals surface area contributed by atoms with E-state index in [1.165, 1.54) is 83.7 Å². The molecular weight excluding hydrogens is 220 g/mol. The quantitative estimate of drug-likeness (QED) is 0.770. The molecular formula is C16H30N2. The summed E-state index contributed by atoms with van der Waals surface area (Å²) in [4.78, 5) is 2.91. The van der Waals surface area contributed by atoms with Crippen molar-refractivity contribution in [3.05, 3.63) is 0 Å². The summed E-state index contributed by atoms with van der Waals surface area (Å²) in [5.41, 5.74) is 0. The fourth-order valence-electron chi connectivity index (χ4n) is 3.93. The Bertz CT molecular complexity index is 235. The molecule has 3 fully saturated rings. The Morgan fingerprint density at radius 2 is 1.39 bits per heavy atom. The average molecular weight is 250 g/mol. The number of nitrogens with zero attached hydrogens (tertiary/aromatic N) is 1. The number of piperidine rings is 1. The summed E-state index contributed by atoms with van der Waals surface area (Å²) in [6.45, 7) is 2.60. The number of hydrogen-bond acceptors (Lipinski definition) is 2. The van der Waals surface area contributed by atoms with Gasteiger partial charge in [-0.3, -0.25) is 4.90 Å². The third kappa shape index (κ3) is 3.48. The lowest BCUT2D eigenvalue weighted by molar-refractivity contribution is 0.143. The first-order valence-electron chi connectivity index (χ1n) is 8.42. The Labute approximate surface area is 113 Å². The predicted octanol–water partition coefficient (Wildman–Crippen LogP) is 3.32. The Kier molecular flexibility index (Phi) is 4.58. The molecule has 18 heavy (non-hydrogen) atoms. The number of rotatable bonds is 4. The minimum absolute atomic E-state index is 0.794. The smallest absolute Gasteiger partial charge is 0.0195 e. The molecule has 1 N–H and O–H groups in total. The van der Waals surface area contributed by atoms with Crippen LogP contribution in [-0.4, -0.2) is 36.1 Å². The molecule has 1 unspecified atom stereocenters. The first kappa shape index (κ1) is 12.9. The van der Waals surface area contributed by atoms with Crippen LogP contribution in [0.1, 0.15) is 70.6 Å². The van der Waals surface area contributed by atoms with Crippen LogP contribution in [0, 0.1) is 0 Å². The monoisotopic (exact) mass is 250 g/mol. The van der Waals surface area contributed by atoms with E-state index < -0.39 is 0 Å². The molecule has 0 spiro atoms. The molecule has 0 aromatic heterocycles. The molecule has 2 saturated carbocycles. The zero-order valence-corrected chi connectivity index (χ0v) is 11.9. The molecule has 0 bridgehead atoms. The summed E-state index contributed by atoms with van der Waals surface area (Å²) in [5, 5.41) is 3.75. The lowest BCUT2D eigenvalue weighted by Gasteiger charge is -2.36. The van der Waals surface area contributed by atoms with Crippen molar-refractivity contribution < 1.29 is 0 Å². The predicted molar refractivity (Wildman–Crippen MR) is 76.9 cm³/mol. The van der Waals surface area contributed by atoms with Crippen molar-refractivity contribution in [2.75, 3.05) is 13.1 Å². The van der Waals surface area contributed by atoms with Gasteiger partial charge in [-0.15, -0.1) is 0 Å². The highest BCUT2D eigenvalue weighted by molar-refractivity contribution is 4.92. The van der Waals surface area contributed by atoms with Gasteiger partial charge in [0, 0.05) is 24.7 Å². The van der Waals surface area contributed by atoms with Crippen molar-refractivity contribution in [1.29, 1.82) is 0 Å². The molecule has 1 aliphatic heterocycles. The lowest BCUT2D eigenvalue weighted by Crippen LogP contribution is -2.48. The summed E-state index contributed by atoms with van der Waals surface area (Å²) >= 11 is 0. The minimum atomic E-state index is 0.794. The van der Waals surface area contributed by atoms with E-state index in [0.717, 1.165) is 18.1 Å². The van der Waals surface area contributed by atoms with Gasteiger partial charge in [-0.05, 0) is 45.1 Å². The van der Waals surface area contributed by atoms with E-state index >= 15 is 0 Å². The maximum Gasteiger partial charge on any atom is 0.0195 e. The SMILES string of the molecule is C1CCCC(N(CC2CCCCN2)C2CC2)CC1. The highest BCUT2D eigenvalue weighted by atomic mass is 15.2. The van der Waals surface area contributed by atoms with E-state index in [0.29, 0.717) is 0 Å². The second-order valence-corrected chi connectivity index (χ2v) is 6.72. The van der Waals surface area contributed by atoms with Gasteiger partial charge in [0.1, 0.15) is 0 Å². The molecule has 0 radical (unpaired) electrons. The Morgan fingerprint density at radius 3 is 2.00 bits per heavy atom.